The summed E-state index contributed by atoms with van der Waals surface area (Å²) in [4.78, 5) is 0. The molecule has 0 aromatic heterocycles. The van der Waals surface area contributed by atoms with Gasteiger partial charge in [0.15, 0.2) is 20.6 Å². The number of rotatable bonds is 12. The van der Waals surface area contributed by atoms with Crippen LogP contribution in [0.3, 0.4) is 0 Å². The molecule has 0 saturated carbocycles. The van der Waals surface area contributed by atoms with Crippen molar-refractivity contribution in [1.29, 1.82) is 0 Å². The second-order valence-corrected chi connectivity index (χ2v) is 2.79. The molecule has 0 heterocycles. The molecule has 132 valence electrons. The van der Waals surface area contributed by atoms with Crippen LogP contribution in [0.4, 0.5) is 39.5 Å². The van der Waals surface area contributed by atoms with Gasteiger partial charge in [-0.3, -0.25) is 14.2 Å². The third-order valence-corrected chi connectivity index (χ3v) is 1.37. The fraction of sp³-hybridized carbons (Fsp3) is 1.00. The van der Waals surface area contributed by atoms with Gasteiger partial charge in [0, 0.05) is 0 Å². The Morgan fingerprint density at radius 2 is 0.773 bits per heavy atom. The molecule has 0 aliphatic heterocycles. The first kappa shape index (κ1) is 21.2. The molecule has 0 aliphatic rings. The summed E-state index contributed by atoms with van der Waals surface area (Å²) < 4.78 is 128. The first-order valence-electron chi connectivity index (χ1n) is 4.73. The normalized spacial score (nSPS) is 13.5. The second-order valence-electron chi connectivity index (χ2n) is 2.79. The molecule has 0 rings (SSSR count). The van der Waals surface area contributed by atoms with Gasteiger partial charge >= 0.3 is 26.2 Å². The molecule has 0 unspecified atom stereocenters. The Morgan fingerprint density at radius 3 is 0.955 bits per heavy atom. The molecule has 0 atom stereocenters. The molecule has 22 heavy (non-hydrogen) atoms. The highest BCUT2D eigenvalue weighted by molar-refractivity contribution is 6.36. The second kappa shape index (κ2) is 8.73. The van der Waals surface area contributed by atoms with Crippen molar-refractivity contribution in [3.8, 4) is 0 Å². The van der Waals surface area contributed by atoms with E-state index in [0.717, 1.165) is 0 Å². The number of alkyl halides is 9. The van der Waals surface area contributed by atoms with E-state index in [-0.39, 0.29) is 0 Å². The largest absolute Gasteiger partial charge is 0.658 e. The third-order valence-electron chi connectivity index (χ3n) is 1.37. The average Bonchev–Trinajstić information content (AvgIpc) is 2.25. The van der Waals surface area contributed by atoms with Crippen LogP contribution in [0.2, 0.25) is 0 Å². The number of halogens is 9. The maximum Gasteiger partial charge on any atom is 0.658 e. The lowest BCUT2D eigenvalue weighted by Gasteiger charge is -2.25. The van der Waals surface area contributed by atoms with Gasteiger partial charge < -0.3 is 14.0 Å². The van der Waals surface area contributed by atoms with Crippen LogP contribution in [0.15, 0.2) is 0 Å². The van der Waals surface area contributed by atoms with Crippen LogP contribution in [0.25, 0.3) is 0 Å². The van der Waals surface area contributed by atoms with Crippen molar-refractivity contribution in [1.82, 2.24) is 0 Å². The van der Waals surface area contributed by atoms with Gasteiger partial charge in [0.1, 0.15) is 0 Å². The first-order chi connectivity index (χ1) is 9.97. The molecule has 6 nitrogen and oxygen atoms in total. The van der Waals surface area contributed by atoms with Crippen LogP contribution in [0.5, 0.6) is 0 Å². The first-order valence-corrected chi connectivity index (χ1v) is 4.73. The number of ether oxygens (including phenoxy) is 3. The summed E-state index contributed by atoms with van der Waals surface area (Å²) in [5.74, 6) is 0. The van der Waals surface area contributed by atoms with E-state index in [1.54, 1.807) is 0 Å². The minimum Gasteiger partial charge on any atom is -0.301 e. The van der Waals surface area contributed by atoms with Crippen molar-refractivity contribution in [2.24, 2.45) is 0 Å². The van der Waals surface area contributed by atoms with Gasteiger partial charge in [0.05, 0.1) is 0 Å². The van der Waals surface area contributed by atoms with E-state index in [0.29, 0.717) is 0 Å². The highest BCUT2D eigenvalue weighted by Crippen LogP contribution is 2.28. The third kappa shape index (κ3) is 9.26. The van der Waals surface area contributed by atoms with Crippen LogP contribution in [-0.4, -0.2) is 46.8 Å². The highest BCUT2D eigenvalue weighted by atomic mass is 19.3. The minimum atomic E-state index is -5.09. The molecule has 0 aliphatic carbocycles. The lowest BCUT2D eigenvalue weighted by molar-refractivity contribution is -0.427. The van der Waals surface area contributed by atoms with Gasteiger partial charge in [-0.2, -0.15) is 0 Å². The fourth-order valence-electron chi connectivity index (χ4n) is 0.701. The molecule has 0 N–H and O–H groups in total. The lowest BCUT2D eigenvalue weighted by atomic mass is 10.2. The monoisotopic (exact) mass is 356 g/mol. The van der Waals surface area contributed by atoms with Crippen molar-refractivity contribution in [2.45, 2.75) is 18.9 Å². The maximum absolute atomic E-state index is 12.6. The van der Waals surface area contributed by atoms with E-state index in [9.17, 15) is 39.5 Å². The Hall–Kier alpha value is -0.805. The summed E-state index contributed by atoms with van der Waals surface area (Å²) in [5, 5.41) is 0. The Labute approximate surface area is 116 Å². The summed E-state index contributed by atoms with van der Waals surface area (Å²) >= 11 is 0. The van der Waals surface area contributed by atoms with E-state index < -0.39 is 46.8 Å². The average molecular weight is 356 g/mol. The zero-order valence-electron chi connectivity index (χ0n) is 10.0. The van der Waals surface area contributed by atoms with Crippen molar-refractivity contribution in [3.63, 3.8) is 0 Å². The van der Waals surface area contributed by atoms with E-state index in [4.69, 9.17) is 0 Å². The predicted octanol–water partition coefficient (Wildman–Crippen LogP) is 2.50. The SMILES string of the molecule is FCOC(F)(F)OB(OC(F)(F)OCF)OC(F)(F)OCF. The molecule has 0 saturated heterocycles. The Bertz CT molecular complexity index is 273. The quantitative estimate of drug-likeness (QED) is 0.304. The van der Waals surface area contributed by atoms with Crippen LogP contribution in [-0.2, 0) is 28.2 Å². The molecule has 0 amide bonds. The van der Waals surface area contributed by atoms with E-state index in [2.05, 4.69) is 28.2 Å². The Balaban J connectivity index is 4.98. The number of hydrogen-bond donors (Lipinski definition) is 0. The van der Waals surface area contributed by atoms with Crippen LogP contribution >= 0.6 is 0 Å². The Kier molecular flexibility index (Phi) is 8.41. The molecule has 0 fully saturated rings. The summed E-state index contributed by atoms with van der Waals surface area (Å²) in [6, 6.07) is 0. The van der Waals surface area contributed by atoms with Gasteiger partial charge in [-0.1, -0.05) is 0 Å². The summed E-state index contributed by atoms with van der Waals surface area (Å²) in [5.41, 5.74) is 0. The van der Waals surface area contributed by atoms with Crippen LogP contribution < -0.4 is 0 Å². The van der Waals surface area contributed by atoms with Crippen molar-refractivity contribution in [3.05, 3.63) is 0 Å². The molecule has 0 aromatic rings. The summed E-state index contributed by atoms with van der Waals surface area (Å²) in [7, 11) is -3.75. The van der Waals surface area contributed by atoms with E-state index in [1.807, 2.05) is 0 Å². The fourth-order valence-corrected chi connectivity index (χ4v) is 0.701. The maximum atomic E-state index is 12.6. The lowest BCUT2D eigenvalue weighted by Crippen LogP contribution is -2.47. The molecular weight excluding hydrogens is 350 g/mol. The molecule has 0 spiro atoms. The molecule has 0 radical (unpaired) electrons. The van der Waals surface area contributed by atoms with Crippen molar-refractivity contribution < 1.29 is 67.7 Å². The topological polar surface area (TPSA) is 55.4 Å². The zero-order chi connectivity index (χ0) is 17.4. The van der Waals surface area contributed by atoms with Crippen LogP contribution in [0.1, 0.15) is 0 Å². The Morgan fingerprint density at radius 1 is 0.545 bits per heavy atom. The van der Waals surface area contributed by atoms with Crippen LogP contribution in [0, 0.1) is 0 Å². The van der Waals surface area contributed by atoms with Crippen molar-refractivity contribution >= 4 is 7.32 Å². The number of hydrogen-bond acceptors (Lipinski definition) is 6. The predicted molar refractivity (Wildman–Crippen MR) is 45.0 cm³/mol. The molecule has 16 heteroatoms. The van der Waals surface area contributed by atoms with Gasteiger partial charge in [0.25, 0.3) is 0 Å². The smallest absolute Gasteiger partial charge is 0.301 e. The summed E-state index contributed by atoms with van der Waals surface area (Å²) in [6.45, 7) is -6.68. The van der Waals surface area contributed by atoms with Crippen molar-refractivity contribution in [2.75, 3.05) is 20.6 Å². The minimum absolute atomic E-state index is 2.23. The van der Waals surface area contributed by atoms with Gasteiger partial charge in [-0.15, -0.1) is 26.3 Å². The molecule has 0 aromatic carbocycles. The summed E-state index contributed by atoms with van der Waals surface area (Å²) in [6.07, 6.45) is -15.3. The van der Waals surface area contributed by atoms with Gasteiger partial charge in [-0.05, 0) is 0 Å². The standard InChI is InChI=1S/C6H6BF9O6/c8-1-17-4(11,12)20-7(21-5(13,14)18-2-9)22-6(15,16)19-3-10/h1-3H2. The van der Waals surface area contributed by atoms with E-state index >= 15 is 0 Å². The molecular formula is C6H6BF9O6. The highest BCUT2D eigenvalue weighted by Gasteiger charge is 2.52. The molecule has 0 bridgehead atoms. The van der Waals surface area contributed by atoms with Gasteiger partial charge in [-0.25, -0.2) is 13.2 Å². The zero-order valence-corrected chi connectivity index (χ0v) is 10.0. The van der Waals surface area contributed by atoms with E-state index in [1.165, 1.54) is 0 Å². The van der Waals surface area contributed by atoms with Gasteiger partial charge in [0.2, 0.25) is 0 Å².